The summed E-state index contributed by atoms with van der Waals surface area (Å²) in [4.78, 5) is 18.8. The molecule has 9 heteroatoms. The molecule has 1 N–H and O–H groups in total. The number of fused-ring (bicyclic) bond motifs is 2. The number of pyridine rings is 1. The van der Waals surface area contributed by atoms with Crippen LogP contribution in [0.2, 0.25) is 0 Å². The number of carbonyl (C=O) groups is 1. The summed E-state index contributed by atoms with van der Waals surface area (Å²) in [5.41, 5.74) is 4.47. The van der Waals surface area contributed by atoms with Crippen molar-refractivity contribution in [1.82, 2.24) is 14.0 Å². The van der Waals surface area contributed by atoms with E-state index in [2.05, 4.69) is 4.72 Å². The topological polar surface area (TPSA) is 102 Å². The van der Waals surface area contributed by atoms with E-state index in [0.717, 1.165) is 34.9 Å². The van der Waals surface area contributed by atoms with Crippen molar-refractivity contribution >= 4 is 38.0 Å². The molecule has 1 fully saturated rings. The number of hydrogen-bond acceptors (Lipinski definition) is 6. The summed E-state index contributed by atoms with van der Waals surface area (Å²) >= 11 is 0. The maximum Gasteiger partial charge on any atom is 0.304 e. The van der Waals surface area contributed by atoms with Gasteiger partial charge in [0.1, 0.15) is 23.1 Å². The lowest BCUT2D eigenvalue weighted by Crippen LogP contribution is -2.42. The number of nitrogens with one attached hydrogen (secondary N) is 1. The predicted molar refractivity (Wildman–Crippen MR) is 159 cm³/mol. The SMILES string of the molecule is Cc1c(-c2cc(C(=O)NS(=O)(=O)N3CCCC3)c3c(OC(C)c4ccccc4)ccc(C)c3n2)oc2ccccc12. The zero-order valence-electron chi connectivity index (χ0n) is 23.2. The van der Waals surface area contributed by atoms with Gasteiger partial charge in [-0.3, -0.25) is 4.79 Å². The molecule has 3 aromatic carbocycles. The van der Waals surface area contributed by atoms with E-state index in [1.807, 2.05) is 81.4 Å². The van der Waals surface area contributed by atoms with E-state index < -0.39 is 16.1 Å². The maximum atomic E-state index is 13.9. The molecule has 1 aliphatic heterocycles. The highest BCUT2D eigenvalue weighted by molar-refractivity contribution is 7.87. The van der Waals surface area contributed by atoms with Crippen LogP contribution in [0.25, 0.3) is 33.3 Å². The van der Waals surface area contributed by atoms with Crippen molar-refractivity contribution in [3.63, 3.8) is 0 Å². The van der Waals surface area contributed by atoms with Crippen molar-refractivity contribution in [1.29, 1.82) is 0 Å². The van der Waals surface area contributed by atoms with E-state index in [0.29, 0.717) is 46.8 Å². The first-order valence-corrected chi connectivity index (χ1v) is 15.1. The van der Waals surface area contributed by atoms with Gasteiger partial charge in [0.15, 0.2) is 5.76 Å². The Balaban J connectivity index is 1.53. The highest BCUT2D eigenvalue weighted by Gasteiger charge is 2.30. The molecular weight excluding hydrogens is 538 g/mol. The van der Waals surface area contributed by atoms with Crippen LogP contribution < -0.4 is 9.46 Å². The number of para-hydroxylation sites is 1. The van der Waals surface area contributed by atoms with Crippen LogP contribution in [-0.2, 0) is 10.2 Å². The summed E-state index contributed by atoms with van der Waals surface area (Å²) in [6.07, 6.45) is 1.19. The Morgan fingerprint density at radius 3 is 2.44 bits per heavy atom. The van der Waals surface area contributed by atoms with Crippen LogP contribution in [0, 0.1) is 13.8 Å². The maximum absolute atomic E-state index is 13.9. The molecule has 0 radical (unpaired) electrons. The molecule has 1 amide bonds. The quantitative estimate of drug-likeness (QED) is 0.241. The average Bonchev–Trinajstić information content (AvgIpc) is 3.64. The minimum atomic E-state index is -4.02. The van der Waals surface area contributed by atoms with Crippen molar-refractivity contribution in [3.8, 4) is 17.2 Å². The van der Waals surface area contributed by atoms with Gasteiger partial charge in [0.05, 0.1) is 16.5 Å². The highest BCUT2D eigenvalue weighted by atomic mass is 32.2. The highest BCUT2D eigenvalue weighted by Crippen LogP contribution is 2.38. The van der Waals surface area contributed by atoms with Crippen LogP contribution in [-0.4, -0.2) is 36.7 Å². The minimum absolute atomic E-state index is 0.145. The van der Waals surface area contributed by atoms with Crippen LogP contribution >= 0.6 is 0 Å². The molecule has 1 aliphatic rings. The third-order valence-corrected chi connectivity index (χ3v) is 9.13. The van der Waals surface area contributed by atoms with Crippen LogP contribution in [0.4, 0.5) is 0 Å². The zero-order valence-corrected chi connectivity index (χ0v) is 24.0. The summed E-state index contributed by atoms with van der Waals surface area (Å²) in [5, 5.41) is 1.39. The number of furan rings is 1. The minimum Gasteiger partial charge on any atom is -0.485 e. The second kappa shape index (κ2) is 10.6. The van der Waals surface area contributed by atoms with Crippen molar-refractivity contribution in [2.45, 2.75) is 39.7 Å². The van der Waals surface area contributed by atoms with E-state index in [4.69, 9.17) is 14.1 Å². The number of ether oxygens (including phenoxy) is 1. The summed E-state index contributed by atoms with van der Waals surface area (Å²) in [6.45, 7) is 6.53. The Kier molecular flexibility index (Phi) is 7.01. The van der Waals surface area contributed by atoms with Crippen molar-refractivity contribution in [2.75, 3.05) is 13.1 Å². The summed E-state index contributed by atoms with van der Waals surface area (Å²) in [5.74, 6) is 0.209. The fraction of sp³-hybridized carbons (Fsp3) is 0.250. The third-order valence-electron chi connectivity index (χ3n) is 7.64. The van der Waals surface area contributed by atoms with Crippen LogP contribution in [0.15, 0.2) is 77.2 Å². The predicted octanol–water partition coefficient (Wildman–Crippen LogP) is 6.48. The normalized spacial score (nSPS) is 14.9. The van der Waals surface area contributed by atoms with E-state index in [1.165, 1.54) is 4.31 Å². The van der Waals surface area contributed by atoms with Gasteiger partial charge in [0, 0.05) is 24.0 Å². The van der Waals surface area contributed by atoms with Gasteiger partial charge in [0.25, 0.3) is 5.91 Å². The Morgan fingerprint density at radius 2 is 1.71 bits per heavy atom. The lowest BCUT2D eigenvalue weighted by atomic mass is 10.0. The fourth-order valence-electron chi connectivity index (χ4n) is 5.40. The van der Waals surface area contributed by atoms with Crippen LogP contribution in [0.5, 0.6) is 5.75 Å². The van der Waals surface area contributed by atoms with Gasteiger partial charge in [-0.1, -0.05) is 54.6 Å². The Labute approximate surface area is 239 Å². The monoisotopic (exact) mass is 569 g/mol. The molecule has 1 saturated heterocycles. The smallest absolute Gasteiger partial charge is 0.304 e. The van der Waals surface area contributed by atoms with Crippen LogP contribution in [0.1, 0.15) is 52.9 Å². The fourth-order valence-corrected chi connectivity index (χ4v) is 6.62. The number of hydrogen-bond donors (Lipinski definition) is 1. The van der Waals surface area contributed by atoms with Crippen molar-refractivity contribution in [2.24, 2.45) is 0 Å². The molecule has 41 heavy (non-hydrogen) atoms. The van der Waals surface area contributed by atoms with Crippen molar-refractivity contribution in [3.05, 3.63) is 95.1 Å². The van der Waals surface area contributed by atoms with Gasteiger partial charge in [0.2, 0.25) is 0 Å². The first kappa shape index (κ1) is 27.0. The molecule has 3 heterocycles. The van der Waals surface area contributed by atoms with Crippen molar-refractivity contribution < 1.29 is 22.4 Å². The number of rotatable bonds is 7. The second-order valence-corrected chi connectivity index (χ2v) is 12.1. The molecule has 8 nitrogen and oxygen atoms in total. The number of amides is 1. The molecule has 6 rings (SSSR count). The molecule has 5 aromatic rings. The lowest BCUT2D eigenvalue weighted by molar-refractivity contribution is 0.0980. The summed E-state index contributed by atoms with van der Waals surface area (Å²) in [7, 11) is -4.02. The molecule has 2 aromatic heterocycles. The molecule has 210 valence electrons. The number of aryl methyl sites for hydroxylation is 2. The van der Waals surface area contributed by atoms with Gasteiger partial charge in [-0.2, -0.15) is 12.7 Å². The first-order chi connectivity index (χ1) is 19.7. The lowest BCUT2D eigenvalue weighted by Gasteiger charge is -2.20. The molecular formula is C32H31N3O5S. The standard InChI is InChI=1S/C32H31N3O5S/c1-20-15-16-28(39-22(3)23-11-5-4-6-12-23)29-25(32(36)34-41(37,38)35-17-9-10-18-35)19-26(33-30(20)29)31-21(2)24-13-7-8-14-27(24)40-31/h4-8,11-16,19,22H,9-10,17-18H2,1-3H3,(H,34,36). The van der Waals surface area contributed by atoms with E-state index in [-0.39, 0.29) is 11.7 Å². The largest absolute Gasteiger partial charge is 0.485 e. The van der Waals surface area contributed by atoms with Gasteiger partial charge < -0.3 is 9.15 Å². The Hall–Kier alpha value is -4.21. The molecule has 1 atom stereocenters. The molecule has 0 bridgehead atoms. The number of carbonyl (C=O) groups excluding carboxylic acids is 1. The summed E-state index contributed by atoms with van der Waals surface area (Å²) in [6, 6.07) is 22.7. The van der Waals surface area contributed by atoms with Gasteiger partial charge >= 0.3 is 10.2 Å². The summed E-state index contributed by atoms with van der Waals surface area (Å²) < 4.78 is 42.4. The van der Waals surface area contributed by atoms with E-state index in [1.54, 1.807) is 12.1 Å². The van der Waals surface area contributed by atoms with Gasteiger partial charge in [-0.25, -0.2) is 9.71 Å². The number of benzene rings is 3. The first-order valence-electron chi connectivity index (χ1n) is 13.7. The number of nitrogens with zero attached hydrogens (tertiary/aromatic N) is 2. The molecule has 0 saturated carbocycles. The Morgan fingerprint density at radius 1 is 1.00 bits per heavy atom. The van der Waals surface area contributed by atoms with Gasteiger partial charge in [-0.15, -0.1) is 0 Å². The zero-order chi connectivity index (χ0) is 28.7. The molecule has 0 aliphatic carbocycles. The van der Waals surface area contributed by atoms with Crippen LogP contribution in [0.3, 0.4) is 0 Å². The number of aromatic nitrogens is 1. The molecule has 1 unspecified atom stereocenters. The molecule has 0 spiro atoms. The second-order valence-electron chi connectivity index (χ2n) is 10.4. The van der Waals surface area contributed by atoms with Gasteiger partial charge in [-0.05, 0) is 62.9 Å². The third kappa shape index (κ3) is 5.07. The Bertz CT molecular complexity index is 1880. The average molecular weight is 570 g/mol. The van der Waals surface area contributed by atoms with E-state index >= 15 is 0 Å². The van der Waals surface area contributed by atoms with E-state index in [9.17, 15) is 13.2 Å².